The Labute approximate surface area is 153 Å². The molecular formula is C18H24ClN3O3. The SMILES string of the molecule is CCCCC1C(=O)N(C)CCN1C(=O)c1cc(NC(C)=O)ccc1Cl. The molecular weight excluding hydrogens is 342 g/mol. The van der Waals surface area contributed by atoms with E-state index < -0.39 is 6.04 Å². The van der Waals surface area contributed by atoms with Crippen LogP contribution in [0.25, 0.3) is 0 Å². The zero-order valence-electron chi connectivity index (χ0n) is 14.8. The highest BCUT2D eigenvalue weighted by Crippen LogP contribution is 2.25. The molecule has 2 rings (SSSR count). The molecule has 1 aliphatic heterocycles. The van der Waals surface area contributed by atoms with Gasteiger partial charge in [0, 0.05) is 32.7 Å². The van der Waals surface area contributed by atoms with Crippen molar-refractivity contribution in [3.8, 4) is 0 Å². The van der Waals surface area contributed by atoms with Crippen LogP contribution < -0.4 is 5.32 Å². The van der Waals surface area contributed by atoms with Crippen LogP contribution in [0.2, 0.25) is 5.02 Å². The number of anilines is 1. The van der Waals surface area contributed by atoms with Gasteiger partial charge in [-0.1, -0.05) is 31.4 Å². The van der Waals surface area contributed by atoms with Crippen molar-refractivity contribution < 1.29 is 14.4 Å². The lowest BCUT2D eigenvalue weighted by atomic mass is 10.0. The van der Waals surface area contributed by atoms with Gasteiger partial charge in [0.1, 0.15) is 6.04 Å². The maximum Gasteiger partial charge on any atom is 0.256 e. The number of nitrogens with zero attached hydrogens (tertiary/aromatic N) is 2. The van der Waals surface area contributed by atoms with E-state index in [0.717, 1.165) is 12.8 Å². The Balaban J connectivity index is 2.30. The minimum absolute atomic E-state index is 0.0396. The van der Waals surface area contributed by atoms with Crippen LogP contribution in [0.5, 0.6) is 0 Å². The van der Waals surface area contributed by atoms with Crippen LogP contribution in [0.15, 0.2) is 18.2 Å². The summed E-state index contributed by atoms with van der Waals surface area (Å²) in [6, 6.07) is 4.32. The summed E-state index contributed by atoms with van der Waals surface area (Å²) in [7, 11) is 1.76. The standard InChI is InChI=1S/C18H24ClN3O3/c1-4-5-6-16-18(25)21(3)9-10-22(16)17(24)14-11-13(20-12(2)23)7-8-15(14)19/h7-8,11,16H,4-6,9-10H2,1-3H3,(H,20,23). The van der Waals surface area contributed by atoms with E-state index in [2.05, 4.69) is 12.2 Å². The maximum atomic E-state index is 13.0. The van der Waals surface area contributed by atoms with Crippen LogP contribution in [0.1, 0.15) is 43.5 Å². The molecule has 7 heteroatoms. The van der Waals surface area contributed by atoms with Crippen LogP contribution in [0.4, 0.5) is 5.69 Å². The van der Waals surface area contributed by atoms with Crippen molar-refractivity contribution in [2.45, 2.75) is 39.2 Å². The second kappa shape index (κ2) is 8.34. The lowest BCUT2D eigenvalue weighted by Crippen LogP contribution is -2.57. The zero-order valence-corrected chi connectivity index (χ0v) is 15.6. The molecule has 1 aromatic carbocycles. The van der Waals surface area contributed by atoms with Crippen molar-refractivity contribution in [1.29, 1.82) is 0 Å². The zero-order chi connectivity index (χ0) is 18.6. The van der Waals surface area contributed by atoms with Crippen molar-refractivity contribution in [1.82, 2.24) is 9.80 Å². The van der Waals surface area contributed by atoms with Crippen LogP contribution in [0.3, 0.4) is 0 Å². The Morgan fingerprint density at radius 1 is 1.32 bits per heavy atom. The smallest absolute Gasteiger partial charge is 0.256 e. The molecule has 1 fully saturated rings. The predicted molar refractivity (Wildman–Crippen MR) is 97.7 cm³/mol. The molecule has 0 bridgehead atoms. The largest absolute Gasteiger partial charge is 0.342 e. The number of unbranched alkanes of at least 4 members (excludes halogenated alkanes) is 1. The van der Waals surface area contributed by atoms with Gasteiger partial charge in [0.2, 0.25) is 11.8 Å². The summed E-state index contributed by atoms with van der Waals surface area (Å²) in [6.07, 6.45) is 2.45. The normalized spacial score (nSPS) is 17.6. The number of amides is 3. The second-order valence-corrected chi connectivity index (χ2v) is 6.70. The number of piperazine rings is 1. The maximum absolute atomic E-state index is 13.0. The number of halogens is 1. The molecule has 1 N–H and O–H groups in total. The van der Waals surface area contributed by atoms with E-state index in [1.807, 2.05) is 0 Å². The van der Waals surface area contributed by atoms with Crippen LogP contribution >= 0.6 is 11.6 Å². The molecule has 1 saturated heterocycles. The molecule has 1 unspecified atom stereocenters. The van der Waals surface area contributed by atoms with Crippen molar-refractivity contribution in [2.75, 3.05) is 25.5 Å². The molecule has 136 valence electrons. The van der Waals surface area contributed by atoms with Crippen molar-refractivity contribution in [2.24, 2.45) is 0 Å². The number of carbonyl (C=O) groups is 3. The third-order valence-corrected chi connectivity index (χ3v) is 4.65. The molecule has 6 nitrogen and oxygen atoms in total. The Kier molecular flexibility index (Phi) is 6.42. The fourth-order valence-corrected chi connectivity index (χ4v) is 3.15. The van der Waals surface area contributed by atoms with Gasteiger partial charge in [0.05, 0.1) is 10.6 Å². The highest BCUT2D eigenvalue weighted by atomic mass is 35.5. The van der Waals surface area contributed by atoms with Gasteiger partial charge in [0.25, 0.3) is 5.91 Å². The van der Waals surface area contributed by atoms with Gasteiger partial charge in [-0.3, -0.25) is 14.4 Å². The molecule has 1 atom stereocenters. The molecule has 0 aromatic heterocycles. The van der Waals surface area contributed by atoms with E-state index in [9.17, 15) is 14.4 Å². The number of likely N-dealkylation sites (N-methyl/N-ethyl adjacent to an activating group) is 1. The Hall–Kier alpha value is -2.08. The summed E-state index contributed by atoms with van der Waals surface area (Å²) in [5, 5.41) is 2.95. The molecule has 0 saturated carbocycles. The van der Waals surface area contributed by atoms with E-state index in [4.69, 9.17) is 11.6 Å². The second-order valence-electron chi connectivity index (χ2n) is 6.29. The van der Waals surface area contributed by atoms with Gasteiger partial charge < -0.3 is 15.1 Å². The average Bonchev–Trinajstić information content (AvgIpc) is 2.57. The molecule has 1 aromatic rings. The van der Waals surface area contributed by atoms with Gasteiger partial charge in [0.15, 0.2) is 0 Å². The molecule has 25 heavy (non-hydrogen) atoms. The van der Waals surface area contributed by atoms with Crippen molar-refractivity contribution in [3.63, 3.8) is 0 Å². The molecule has 0 radical (unpaired) electrons. The summed E-state index contributed by atoms with van der Waals surface area (Å²) >= 11 is 6.21. The lowest BCUT2D eigenvalue weighted by Gasteiger charge is -2.39. The first-order valence-corrected chi connectivity index (χ1v) is 8.86. The fraction of sp³-hybridized carbons (Fsp3) is 0.500. The van der Waals surface area contributed by atoms with Gasteiger partial charge in [-0.15, -0.1) is 0 Å². The van der Waals surface area contributed by atoms with E-state index in [1.54, 1.807) is 35.0 Å². The van der Waals surface area contributed by atoms with Crippen molar-refractivity contribution >= 4 is 35.0 Å². The first-order valence-electron chi connectivity index (χ1n) is 8.48. The van der Waals surface area contributed by atoms with Crippen LogP contribution in [-0.4, -0.2) is 53.7 Å². The molecule has 0 aliphatic carbocycles. The number of rotatable bonds is 5. The number of benzene rings is 1. The highest BCUT2D eigenvalue weighted by Gasteiger charge is 2.36. The third kappa shape index (κ3) is 4.51. The Bertz CT molecular complexity index is 678. The number of nitrogens with one attached hydrogen (secondary N) is 1. The number of carbonyl (C=O) groups excluding carboxylic acids is 3. The van der Waals surface area contributed by atoms with Crippen LogP contribution in [-0.2, 0) is 9.59 Å². The van der Waals surface area contributed by atoms with Crippen LogP contribution in [0, 0.1) is 0 Å². The lowest BCUT2D eigenvalue weighted by molar-refractivity contribution is -0.138. The summed E-state index contributed by atoms with van der Waals surface area (Å²) in [5.41, 5.74) is 0.803. The summed E-state index contributed by atoms with van der Waals surface area (Å²) in [5.74, 6) is -0.543. The van der Waals surface area contributed by atoms with Gasteiger partial charge >= 0.3 is 0 Å². The Morgan fingerprint density at radius 3 is 2.68 bits per heavy atom. The minimum Gasteiger partial charge on any atom is -0.342 e. The highest BCUT2D eigenvalue weighted by molar-refractivity contribution is 6.34. The molecule has 0 spiro atoms. The quantitative estimate of drug-likeness (QED) is 0.872. The summed E-state index contributed by atoms with van der Waals surface area (Å²) < 4.78 is 0. The van der Waals surface area contributed by atoms with E-state index in [-0.39, 0.29) is 17.7 Å². The van der Waals surface area contributed by atoms with E-state index in [1.165, 1.54) is 6.92 Å². The first-order chi connectivity index (χ1) is 11.8. The first kappa shape index (κ1) is 19.2. The summed E-state index contributed by atoms with van der Waals surface area (Å²) in [4.78, 5) is 40.1. The average molecular weight is 366 g/mol. The monoisotopic (exact) mass is 365 g/mol. The molecule has 1 aliphatic rings. The minimum atomic E-state index is -0.466. The summed E-state index contributed by atoms with van der Waals surface area (Å²) in [6.45, 7) is 4.42. The van der Waals surface area contributed by atoms with Crippen molar-refractivity contribution in [3.05, 3.63) is 28.8 Å². The van der Waals surface area contributed by atoms with Gasteiger partial charge in [-0.25, -0.2) is 0 Å². The molecule has 1 heterocycles. The number of hydrogen-bond acceptors (Lipinski definition) is 3. The predicted octanol–water partition coefficient (Wildman–Crippen LogP) is 2.77. The van der Waals surface area contributed by atoms with Gasteiger partial charge in [-0.05, 0) is 24.6 Å². The number of hydrogen-bond donors (Lipinski definition) is 1. The fourth-order valence-electron chi connectivity index (χ4n) is 2.96. The van der Waals surface area contributed by atoms with E-state index in [0.29, 0.717) is 35.8 Å². The van der Waals surface area contributed by atoms with Gasteiger partial charge in [-0.2, -0.15) is 0 Å². The molecule has 3 amide bonds. The Morgan fingerprint density at radius 2 is 2.04 bits per heavy atom. The third-order valence-electron chi connectivity index (χ3n) is 4.32. The topological polar surface area (TPSA) is 69.7 Å². The van der Waals surface area contributed by atoms with E-state index >= 15 is 0 Å².